The summed E-state index contributed by atoms with van der Waals surface area (Å²) >= 11 is 0. The van der Waals surface area contributed by atoms with Crippen LogP contribution in [-0.2, 0) is 0 Å². The lowest BCUT2D eigenvalue weighted by molar-refractivity contribution is -0.384. The smallest absolute Gasteiger partial charge is 0.293 e. The number of carbonyl (C=O) groups is 1. The minimum absolute atomic E-state index is 0.0207. The highest BCUT2D eigenvalue weighted by Crippen LogP contribution is 2.30. The Kier molecular flexibility index (Phi) is 5.53. The van der Waals surface area contributed by atoms with Crippen LogP contribution >= 0.6 is 0 Å². The molecule has 25 heavy (non-hydrogen) atoms. The maximum atomic E-state index is 12.2. The van der Waals surface area contributed by atoms with E-state index in [1.165, 1.54) is 6.07 Å². The number of hydrogen-bond donors (Lipinski definition) is 1. The molecule has 3 rings (SSSR count). The van der Waals surface area contributed by atoms with E-state index in [0.717, 1.165) is 58.4 Å². The first-order valence-electron chi connectivity index (χ1n) is 9.15. The third-order valence-corrected chi connectivity index (χ3v) is 4.82. The first-order valence-corrected chi connectivity index (χ1v) is 9.15. The van der Waals surface area contributed by atoms with Gasteiger partial charge in [0.15, 0.2) is 0 Å². The van der Waals surface area contributed by atoms with Gasteiger partial charge in [0.05, 0.1) is 4.92 Å². The van der Waals surface area contributed by atoms with Crippen LogP contribution in [-0.4, -0.2) is 54.5 Å². The SMILES string of the molecule is CCCN1CCCN(c2ccc(C(=O)NC3CC3)cc2[N+](=O)[O-])CC1. The van der Waals surface area contributed by atoms with Crippen molar-refractivity contribution < 1.29 is 9.72 Å². The molecule has 7 heteroatoms. The molecule has 1 heterocycles. The lowest BCUT2D eigenvalue weighted by atomic mass is 10.1. The normalized spacial score (nSPS) is 18.7. The van der Waals surface area contributed by atoms with Crippen LogP contribution in [0.5, 0.6) is 0 Å². The van der Waals surface area contributed by atoms with Crippen molar-refractivity contribution in [2.45, 2.75) is 38.6 Å². The van der Waals surface area contributed by atoms with Gasteiger partial charge in [-0.05, 0) is 50.9 Å². The van der Waals surface area contributed by atoms with Crippen molar-refractivity contribution in [3.63, 3.8) is 0 Å². The van der Waals surface area contributed by atoms with Crippen LogP contribution < -0.4 is 10.2 Å². The molecule has 1 amide bonds. The summed E-state index contributed by atoms with van der Waals surface area (Å²) in [4.78, 5) is 27.8. The van der Waals surface area contributed by atoms with Gasteiger partial charge in [-0.15, -0.1) is 0 Å². The standard InChI is InChI=1S/C18H26N4O3/c1-2-8-20-9-3-10-21(12-11-20)16-7-4-14(13-17(16)22(24)25)18(23)19-15-5-6-15/h4,7,13,15H,2-3,5-6,8-12H2,1H3,(H,19,23). The van der Waals surface area contributed by atoms with Gasteiger partial charge >= 0.3 is 0 Å². The summed E-state index contributed by atoms with van der Waals surface area (Å²) in [5, 5.41) is 14.4. The number of rotatable bonds is 6. The molecule has 1 saturated carbocycles. The van der Waals surface area contributed by atoms with Crippen LogP contribution in [0.4, 0.5) is 11.4 Å². The van der Waals surface area contributed by atoms with Crippen molar-refractivity contribution in [3.05, 3.63) is 33.9 Å². The Morgan fingerprint density at radius 1 is 1.28 bits per heavy atom. The van der Waals surface area contributed by atoms with E-state index < -0.39 is 0 Å². The second-order valence-corrected chi connectivity index (χ2v) is 6.89. The summed E-state index contributed by atoms with van der Waals surface area (Å²) < 4.78 is 0. The minimum Gasteiger partial charge on any atom is -0.365 e. The largest absolute Gasteiger partial charge is 0.365 e. The molecule has 2 fully saturated rings. The Morgan fingerprint density at radius 2 is 2.08 bits per heavy atom. The van der Waals surface area contributed by atoms with Gasteiger partial charge in [0.25, 0.3) is 11.6 Å². The summed E-state index contributed by atoms with van der Waals surface area (Å²) in [6.07, 6.45) is 4.09. The summed E-state index contributed by atoms with van der Waals surface area (Å²) in [7, 11) is 0. The Bertz CT molecular complexity index is 645. The summed E-state index contributed by atoms with van der Waals surface area (Å²) in [5.74, 6) is -0.220. The molecule has 136 valence electrons. The highest BCUT2D eigenvalue weighted by molar-refractivity contribution is 5.96. The number of nitrogens with zero attached hydrogens (tertiary/aromatic N) is 3. The molecule has 1 aliphatic carbocycles. The van der Waals surface area contributed by atoms with Crippen molar-refractivity contribution in [3.8, 4) is 0 Å². The van der Waals surface area contributed by atoms with E-state index in [2.05, 4.69) is 22.0 Å². The van der Waals surface area contributed by atoms with E-state index >= 15 is 0 Å². The predicted octanol–water partition coefficient (Wildman–Crippen LogP) is 2.41. The van der Waals surface area contributed by atoms with Gasteiger partial charge in [0, 0.05) is 37.3 Å². The monoisotopic (exact) mass is 346 g/mol. The van der Waals surface area contributed by atoms with Gasteiger partial charge in [-0.25, -0.2) is 0 Å². The van der Waals surface area contributed by atoms with E-state index in [1.807, 2.05) is 0 Å². The van der Waals surface area contributed by atoms with Crippen molar-refractivity contribution in [1.29, 1.82) is 0 Å². The summed E-state index contributed by atoms with van der Waals surface area (Å²) in [5.41, 5.74) is 1.00. The molecule has 0 atom stereocenters. The zero-order valence-electron chi connectivity index (χ0n) is 14.7. The second-order valence-electron chi connectivity index (χ2n) is 6.89. The molecule has 7 nitrogen and oxygen atoms in total. The molecular weight excluding hydrogens is 320 g/mol. The topological polar surface area (TPSA) is 78.7 Å². The average molecular weight is 346 g/mol. The van der Waals surface area contributed by atoms with Gasteiger partial charge in [-0.2, -0.15) is 0 Å². The number of nitro groups is 1. The Hall–Kier alpha value is -2.15. The quantitative estimate of drug-likeness (QED) is 0.632. The van der Waals surface area contributed by atoms with Crippen LogP contribution in [0.3, 0.4) is 0 Å². The second kappa shape index (κ2) is 7.82. The van der Waals surface area contributed by atoms with E-state index in [9.17, 15) is 14.9 Å². The fourth-order valence-electron chi connectivity index (χ4n) is 3.33. The molecule has 0 radical (unpaired) electrons. The van der Waals surface area contributed by atoms with Crippen molar-refractivity contribution in [2.75, 3.05) is 37.6 Å². The Balaban J connectivity index is 1.77. The van der Waals surface area contributed by atoms with Gasteiger partial charge in [-0.3, -0.25) is 14.9 Å². The summed E-state index contributed by atoms with van der Waals surface area (Å²) in [6.45, 7) is 6.74. The van der Waals surface area contributed by atoms with Crippen molar-refractivity contribution >= 4 is 17.3 Å². The van der Waals surface area contributed by atoms with Gasteiger partial charge < -0.3 is 15.1 Å². The average Bonchev–Trinajstić information content (AvgIpc) is 3.42. The van der Waals surface area contributed by atoms with E-state index in [0.29, 0.717) is 11.3 Å². The van der Waals surface area contributed by atoms with Crippen LogP contribution in [0.25, 0.3) is 0 Å². The Labute approximate surface area is 148 Å². The molecule has 0 unspecified atom stereocenters. The predicted molar refractivity (Wildman–Crippen MR) is 97.1 cm³/mol. The molecular formula is C18H26N4O3. The maximum Gasteiger partial charge on any atom is 0.293 e. The fraction of sp³-hybridized carbons (Fsp3) is 0.611. The lowest BCUT2D eigenvalue weighted by Gasteiger charge is -2.23. The first kappa shape index (κ1) is 17.7. The number of hydrogen-bond acceptors (Lipinski definition) is 5. The van der Waals surface area contributed by atoms with Gasteiger partial charge in [0.1, 0.15) is 5.69 Å². The maximum absolute atomic E-state index is 12.2. The molecule has 1 aromatic carbocycles. The Morgan fingerprint density at radius 3 is 2.76 bits per heavy atom. The zero-order valence-corrected chi connectivity index (χ0v) is 14.7. The van der Waals surface area contributed by atoms with Gasteiger partial charge in [-0.1, -0.05) is 6.92 Å². The fourth-order valence-corrected chi connectivity index (χ4v) is 3.33. The number of anilines is 1. The van der Waals surface area contributed by atoms with Crippen LogP contribution in [0.1, 0.15) is 43.0 Å². The summed E-state index contributed by atoms with van der Waals surface area (Å²) in [6, 6.07) is 5.09. The van der Waals surface area contributed by atoms with Crippen molar-refractivity contribution in [1.82, 2.24) is 10.2 Å². The van der Waals surface area contributed by atoms with E-state index in [4.69, 9.17) is 0 Å². The highest BCUT2D eigenvalue weighted by atomic mass is 16.6. The van der Waals surface area contributed by atoms with Crippen LogP contribution in [0, 0.1) is 10.1 Å². The zero-order chi connectivity index (χ0) is 17.8. The number of nitro benzene ring substituents is 1. The number of carbonyl (C=O) groups excluding carboxylic acids is 1. The third kappa shape index (κ3) is 4.48. The molecule has 1 saturated heterocycles. The molecule has 1 aliphatic heterocycles. The first-order chi connectivity index (χ1) is 12.1. The lowest BCUT2D eigenvalue weighted by Crippen LogP contribution is -2.31. The molecule has 0 spiro atoms. The molecule has 1 N–H and O–H groups in total. The van der Waals surface area contributed by atoms with E-state index in [-0.39, 0.29) is 22.6 Å². The van der Waals surface area contributed by atoms with Crippen LogP contribution in [0.15, 0.2) is 18.2 Å². The number of amides is 1. The molecule has 0 bridgehead atoms. The number of nitrogens with one attached hydrogen (secondary N) is 1. The van der Waals surface area contributed by atoms with Crippen LogP contribution in [0.2, 0.25) is 0 Å². The highest BCUT2D eigenvalue weighted by Gasteiger charge is 2.27. The van der Waals surface area contributed by atoms with E-state index in [1.54, 1.807) is 12.1 Å². The minimum atomic E-state index is -0.377. The third-order valence-electron chi connectivity index (χ3n) is 4.82. The van der Waals surface area contributed by atoms with Crippen molar-refractivity contribution in [2.24, 2.45) is 0 Å². The number of benzene rings is 1. The van der Waals surface area contributed by atoms with Gasteiger partial charge in [0.2, 0.25) is 0 Å². The molecule has 2 aliphatic rings. The molecule has 1 aromatic rings. The molecule has 0 aromatic heterocycles.